The van der Waals surface area contributed by atoms with Gasteiger partial charge in [-0.1, -0.05) is 11.3 Å². The maximum absolute atomic E-state index is 14.5. The number of aliphatic hydroxyl groups excluding tert-OH is 1. The van der Waals surface area contributed by atoms with E-state index in [-0.39, 0.29) is 24.6 Å². The molecule has 0 spiro atoms. The lowest BCUT2D eigenvalue weighted by Crippen LogP contribution is -2.33. The Bertz CT molecular complexity index is 841. The molecule has 0 bridgehead atoms. The maximum Gasteiger partial charge on any atom is 0.414 e. The zero-order valence-corrected chi connectivity index (χ0v) is 14.9. The molecule has 1 aromatic heterocycles. The number of carbonyl (C=O) groups is 2. The van der Waals surface area contributed by atoms with Gasteiger partial charge in [0.15, 0.2) is 5.01 Å². The molecular weight excluding hydrogens is 363 g/mol. The van der Waals surface area contributed by atoms with Crippen LogP contribution >= 0.6 is 11.3 Å². The quantitative estimate of drug-likeness (QED) is 0.820. The second-order valence-electron chi connectivity index (χ2n) is 5.84. The van der Waals surface area contributed by atoms with Gasteiger partial charge in [0, 0.05) is 12.5 Å². The van der Waals surface area contributed by atoms with Gasteiger partial charge in [0.05, 0.1) is 18.8 Å². The zero-order chi connectivity index (χ0) is 18.8. The van der Waals surface area contributed by atoms with E-state index in [0.29, 0.717) is 15.7 Å². The van der Waals surface area contributed by atoms with Crippen LogP contribution in [0.1, 0.15) is 25.0 Å². The first-order valence-corrected chi connectivity index (χ1v) is 8.70. The Hall–Kier alpha value is -2.59. The molecule has 1 aliphatic rings. The Morgan fingerprint density at radius 2 is 2.31 bits per heavy atom. The second-order valence-corrected chi connectivity index (χ2v) is 6.85. The van der Waals surface area contributed by atoms with Crippen molar-refractivity contribution in [2.75, 3.05) is 18.0 Å². The van der Waals surface area contributed by atoms with Gasteiger partial charge in [-0.25, -0.2) is 9.18 Å². The molecule has 1 saturated heterocycles. The third kappa shape index (κ3) is 3.81. The number of anilines is 1. The van der Waals surface area contributed by atoms with Gasteiger partial charge in [0.25, 0.3) is 0 Å². The van der Waals surface area contributed by atoms with Crippen LogP contribution in [0.4, 0.5) is 14.9 Å². The summed E-state index contributed by atoms with van der Waals surface area (Å²) in [6.07, 6.45) is -1.87. The van der Waals surface area contributed by atoms with Crippen molar-refractivity contribution >= 4 is 29.0 Å². The Morgan fingerprint density at radius 3 is 2.92 bits per heavy atom. The molecule has 138 valence electrons. The fourth-order valence-corrected chi connectivity index (χ4v) is 3.26. The minimum atomic E-state index is -0.775. The van der Waals surface area contributed by atoms with Gasteiger partial charge in [0.1, 0.15) is 23.0 Å². The number of halogens is 1. The molecule has 0 saturated carbocycles. The molecule has 0 aliphatic carbocycles. The molecule has 8 nitrogen and oxygen atoms in total. The van der Waals surface area contributed by atoms with E-state index in [1.807, 2.05) is 0 Å². The highest BCUT2D eigenvalue weighted by Gasteiger charge is 2.32. The highest BCUT2D eigenvalue weighted by atomic mass is 32.1. The maximum atomic E-state index is 14.5. The van der Waals surface area contributed by atoms with E-state index in [9.17, 15) is 19.1 Å². The van der Waals surface area contributed by atoms with Crippen molar-refractivity contribution in [1.82, 2.24) is 15.5 Å². The van der Waals surface area contributed by atoms with Gasteiger partial charge in [0.2, 0.25) is 5.91 Å². The number of nitrogens with zero attached hydrogens (tertiary/aromatic N) is 3. The first-order valence-electron chi connectivity index (χ1n) is 7.89. The summed E-state index contributed by atoms with van der Waals surface area (Å²) in [6.45, 7) is 3.34. The van der Waals surface area contributed by atoms with E-state index < -0.39 is 24.1 Å². The zero-order valence-electron chi connectivity index (χ0n) is 14.1. The first kappa shape index (κ1) is 18.2. The number of benzene rings is 1. The van der Waals surface area contributed by atoms with Crippen LogP contribution in [0, 0.1) is 5.82 Å². The van der Waals surface area contributed by atoms with Crippen molar-refractivity contribution in [3.05, 3.63) is 29.0 Å². The number of nitrogens with one attached hydrogen (secondary N) is 1. The molecule has 2 atom stereocenters. The van der Waals surface area contributed by atoms with Crippen LogP contribution in [-0.4, -0.2) is 46.5 Å². The number of carbonyl (C=O) groups excluding carboxylic acids is 2. The Labute approximate surface area is 152 Å². The highest BCUT2D eigenvalue weighted by Crippen LogP contribution is 2.31. The normalized spacial score (nSPS) is 17.9. The van der Waals surface area contributed by atoms with Gasteiger partial charge < -0.3 is 15.2 Å². The molecule has 0 radical (unpaired) electrons. The van der Waals surface area contributed by atoms with Crippen LogP contribution in [0.3, 0.4) is 0 Å². The summed E-state index contributed by atoms with van der Waals surface area (Å²) in [5, 5.41) is 20.5. The summed E-state index contributed by atoms with van der Waals surface area (Å²) in [5.41, 5.74) is 0.586. The Kier molecular flexibility index (Phi) is 5.14. The third-order valence-corrected chi connectivity index (χ3v) is 4.87. The number of aromatic nitrogens is 2. The Balaban J connectivity index is 1.76. The average molecular weight is 380 g/mol. The topological polar surface area (TPSA) is 105 Å². The van der Waals surface area contributed by atoms with Crippen LogP contribution in [0.15, 0.2) is 18.2 Å². The predicted octanol–water partition coefficient (Wildman–Crippen LogP) is 1.86. The fraction of sp³-hybridized carbons (Fsp3) is 0.375. The molecule has 1 aromatic carbocycles. The summed E-state index contributed by atoms with van der Waals surface area (Å²) in [6, 6.07) is 4.32. The molecule has 1 aliphatic heterocycles. The second kappa shape index (κ2) is 7.34. The van der Waals surface area contributed by atoms with Crippen LogP contribution in [0.2, 0.25) is 0 Å². The summed E-state index contributed by atoms with van der Waals surface area (Å²) in [5.74, 6) is -0.780. The third-order valence-electron chi connectivity index (χ3n) is 3.75. The molecule has 1 fully saturated rings. The summed E-state index contributed by atoms with van der Waals surface area (Å²) >= 11 is 1.10. The van der Waals surface area contributed by atoms with Gasteiger partial charge in [-0.2, -0.15) is 0 Å². The lowest BCUT2D eigenvalue weighted by Gasteiger charge is -2.14. The minimum absolute atomic E-state index is 0.199. The fourth-order valence-electron chi connectivity index (χ4n) is 2.45. The van der Waals surface area contributed by atoms with Gasteiger partial charge >= 0.3 is 6.09 Å². The van der Waals surface area contributed by atoms with E-state index in [4.69, 9.17) is 4.74 Å². The van der Waals surface area contributed by atoms with Gasteiger partial charge in [-0.15, -0.1) is 10.2 Å². The molecule has 2 N–H and O–H groups in total. The number of hydrogen-bond acceptors (Lipinski definition) is 7. The van der Waals surface area contributed by atoms with Crippen molar-refractivity contribution in [1.29, 1.82) is 0 Å². The number of cyclic esters (lactones) is 1. The molecule has 2 unspecified atom stereocenters. The molecule has 2 amide bonds. The molecule has 2 heterocycles. The standard InChI is InChI=1S/C16H17FN4O4S/c1-8(22)14-19-20-15(26-14)12-4-3-10(5-13(12)17)21-7-11(25-16(21)24)6-18-9(2)23/h3-5,8,11,22H,6-7H2,1-2H3,(H,18,23). The predicted molar refractivity (Wildman–Crippen MR) is 92.2 cm³/mol. The number of rotatable bonds is 5. The minimum Gasteiger partial charge on any atom is -0.442 e. The summed E-state index contributed by atoms with van der Waals surface area (Å²) in [7, 11) is 0. The van der Waals surface area contributed by atoms with E-state index in [2.05, 4.69) is 15.5 Å². The van der Waals surface area contributed by atoms with E-state index in [1.165, 1.54) is 24.0 Å². The van der Waals surface area contributed by atoms with E-state index in [0.717, 1.165) is 11.3 Å². The average Bonchev–Trinajstić information content (AvgIpc) is 3.20. The lowest BCUT2D eigenvalue weighted by molar-refractivity contribution is -0.119. The van der Waals surface area contributed by atoms with Crippen molar-refractivity contribution < 1.29 is 23.8 Å². The number of amides is 2. The summed E-state index contributed by atoms with van der Waals surface area (Å²) < 4.78 is 19.7. The molecule has 3 rings (SSSR count). The molecule has 26 heavy (non-hydrogen) atoms. The van der Waals surface area contributed by atoms with Crippen molar-refractivity contribution in [2.24, 2.45) is 0 Å². The van der Waals surface area contributed by atoms with Crippen molar-refractivity contribution in [2.45, 2.75) is 26.1 Å². The van der Waals surface area contributed by atoms with Gasteiger partial charge in [-0.3, -0.25) is 9.69 Å². The van der Waals surface area contributed by atoms with Gasteiger partial charge in [-0.05, 0) is 25.1 Å². The van der Waals surface area contributed by atoms with Crippen LogP contribution in [0.25, 0.3) is 10.6 Å². The van der Waals surface area contributed by atoms with Crippen molar-refractivity contribution in [3.8, 4) is 10.6 Å². The van der Waals surface area contributed by atoms with E-state index in [1.54, 1.807) is 13.0 Å². The SMILES string of the molecule is CC(=O)NCC1CN(c2ccc(-c3nnc(C(C)O)s3)c(F)c2)C(=O)O1. The number of aliphatic hydroxyl groups is 1. The summed E-state index contributed by atoms with van der Waals surface area (Å²) in [4.78, 5) is 24.3. The molecule has 2 aromatic rings. The number of ether oxygens (including phenoxy) is 1. The molecular formula is C16H17FN4O4S. The van der Waals surface area contributed by atoms with Crippen molar-refractivity contribution in [3.63, 3.8) is 0 Å². The lowest BCUT2D eigenvalue weighted by atomic mass is 10.2. The highest BCUT2D eigenvalue weighted by molar-refractivity contribution is 7.14. The van der Waals surface area contributed by atoms with Crippen LogP contribution in [0.5, 0.6) is 0 Å². The largest absolute Gasteiger partial charge is 0.442 e. The first-order chi connectivity index (χ1) is 12.3. The number of hydrogen-bond donors (Lipinski definition) is 2. The molecule has 10 heteroatoms. The van der Waals surface area contributed by atoms with Crippen LogP contribution < -0.4 is 10.2 Å². The van der Waals surface area contributed by atoms with Crippen LogP contribution in [-0.2, 0) is 9.53 Å². The monoisotopic (exact) mass is 380 g/mol. The smallest absolute Gasteiger partial charge is 0.414 e. The van der Waals surface area contributed by atoms with E-state index >= 15 is 0 Å². The Morgan fingerprint density at radius 1 is 1.54 bits per heavy atom.